The van der Waals surface area contributed by atoms with E-state index in [1.807, 2.05) is 31.2 Å². The fraction of sp³-hybridized carbons (Fsp3) is 0.105. The third-order valence-electron chi connectivity index (χ3n) is 3.68. The summed E-state index contributed by atoms with van der Waals surface area (Å²) in [7, 11) is -3.71. The molecule has 0 unspecified atom stereocenters. The number of hydrogen-bond acceptors (Lipinski definition) is 4. The number of hydrogen-bond donors (Lipinski definition) is 0. The Morgan fingerprint density at radius 1 is 1.00 bits per heavy atom. The number of halogens is 2. The van der Waals surface area contributed by atoms with Crippen LogP contribution in [-0.2, 0) is 9.84 Å². The molecule has 0 aliphatic rings. The predicted octanol–water partition coefficient (Wildman–Crippen LogP) is 6.10. The van der Waals surface area contributed by atoms with Gasteiger partial charge in [-0.2, -0.15) is 0 Å². The van der Waals surface area contributed by atoms with E-state index in [1.165, 1.54) is 23.9 Å². The van der Waals surface area contributed by atoms with E-state index < -0.39 is 9.84 Å². The van der Waals surface area contributed by atoms with Crippen LogP contribution in [-0.4, -0.2) is 13.4 Å². The molecule has 0 saturated heterocycles. The maximum atomic E-state index is 13.2. The van der Waals surface area contributed by atoms with E-state index in [-0.39, 0.29) is 9.79 Å². The maximum Gasteiger partial charge on any atom is 0.209 e. The van der Waals surface area contributed by atoms with Crippen LogP contribution in [0, 0.1) is 13.8 Å². The summed E-state index contributed by atoms with van der Waals surface area (Å²) < 4.78 is 27.4. The molecular formula is C19H15BrClNO2S2. The van der Waals surface area contributed by atoms with Crippen molar-refractivity contribution in [2.45, 2.75) is 33.6 Å². The van der Waals surface area contributed by atoms with E-state index in [2.05, 4.69) is 20.9 Å². The fourth-order valence-corrected chi connectivity index (χ4v) is 5.80. The van der Waals surface area contributed by atoms with Crippen molar-refractivity contribution >= 4 is 49.1 Å². The van der Waals surface area contributed by atoms with Gasteiger partial charge in [0, 0.05) is 20.1 Å². The van der Waals surface area contributed by atoms with Crippen LogP contribution in [0.1, 0.15) is 11.3 Å². The molecule has 0 bridgehead atoms. The summed E-state index contributed by atoms with van der Waals surface area (Å²) in [6.45, 7) is 3.65. The molecule has 3 aromatic rings. The van der Waals surface area contributed by atoms with Gasteiger partial charge in [-0.05, 0) is 74.0 Å². The zero-order chi connectivity index (χ0) is 18.9. The highest BCUT2D eigenvalue weighted by molar-refractivity contribution is 9.10. The van der Waals surface area contributed by atoms with Gasteiger partial charge in [-0.25, -0.2) is 13.4 Å². The molecule has 134 valence electrons. The second-order valence-electron chi connectivity index (χ2n) is 5.73. The number of nitrogens with zero attached hydrogens (tertiary/aromatic N) is 1. The molecular weight excluding hydrogens is 454 g/mol. The van der Waals surface area contributed by atoms with E-state index in [9.17, 15) is 8.42 Å². The highest BCUT2D eigenvalue weighted by Gasteiger charge is 2.25. The Hall–Kier alpha value is -1.34. The van der Waals surface area contributed by atoms with E-state index in [4.69, 9.17) is 11.6 Å². The summed E-state index contributed by atoms with van der Waals surface area (Å²) in [5.41, 5.74) is 1.45. The van der Waals surface area contributed by atoms with E-state index in [0.717, 1.165) is 15.1 Å². The standard InChI is InChI=1S/C19H15BrClNO2S2/c1-12-11-13(2)22-19(25-16-7-3-14(20)4-8-16)18(12)26(23,24)17-9-5-15(21)6-10-17/h3-11H,1-2H3. The van der Waals surface area contributed by atoms with Gasteiger partial charge in [0.15, 0.2) is 0 Å². The largest absolute Gasteiger partial charge is 0.245 e. The Bertz CT molecular complexity index is 1050. The monoisotopic (exact) mass is 467 g/mol. The molecule has 0 aliphatic heterocycles. The molecule has 0 saturated carbocycles. The molecule has 3 rings (SSSR count). The topological polar surface area (TPSA) is 47.0 Å². The molecule has 1 aromatic heterocycles. The smallest absolute Gasteiger partial charge is 0.209 e. The average molecular weight is 469 g/mol. The van der Waals surface area contributed by atoms with Crippen LogP contribution in [0.4, 0.5) is 0 Å². The van der Waals surface area contributed by atoms with E-state index in [1.54, 1.807) is 25.1 Å². The quantitative estimate of drug-likeness (QED) is 0.464. The third kappa shape index (κ3) is 4.14. The lowest BCUT2D eigenvalue weighted by Gasteiger charge is -2.14. The lowest BCUT2D eigenvalue weighted by molar-refractivity contribution is 0.592. The first-order chi connectivity index (χ1) is 12.3. The lowest BCUT2D eigenvalue weighted by atomic mass is 10.2. The van der Waals surface area contributed by atoms with Crippen molar-refractivity contribution in [2.75, 3.05) is 0 Å². The molecule has 1 heterocycles. The first-order valence-corrected chi connectivity index (χ1v) is 11.2. The number of benzene rings is 2. The molecule has 0 fully saturated rings. The van der Waals surface area contributed by atoms with Crippen LogP contribution in [0.25, 0.3) is 0 Å². The molecule has 0 N–H and O–H groups in total. The second-order valence-corrected chi connectivity index (χ2v) is 10.0. The Balaban J connectivity index is 2.14. The predicted molar refractivity (Wildman–Crippen MR) is 109 cm³/mol. The highest BCUT2D eigenvalue weighted by Crippen LogP contribution is 2.36. The molecule has 3 nitrogen and oxygen atoms in total. The first kappa shape index (κ1) is 19.4. The van der Waals surface area contributed by atoms with Gasteiger partial charge in [-0.1, -0.05) is 39.3 Å². The zero-order valence-electron chi connectivity index (χ0n) is 14.0. The van der Waals surface area contributed by atoms with Crippen LogP contribution < -0.4 is 0 Å². The number of aryl methyl sites for hydroxylation is 2. The van der Waals surface area contributed by atoms with Gasteiger partial charge in [0.1, 0.15) is 9.92 Å². The van der Waals surface area contributed by atoms with Crippen molar-refractivity contribution in [3.63, 3.8) is 0 Å². The summed E-state index contributed by atoms with van der Waals surface area (Å²) in [5, 5.41) is 0.965. The summed E-state index contributed by atoms with van der Waals surface area (Å²) in [4.78, 5) is 5.86. The van der Waals surface area contributed by atoms with Gasteiger partial charge in [0.25, 0.3) is 0 Å². The van der Waals surface area contributed by atoms with E-state index >= 15 is 0 Å². The van der Waals surface area contributed by atoms with Crippen LogP contribution in [0.15, 0.2) is 78.8 Å². The summed E-state index contributed by atoms with van der Waals surface area (Å²) in [6.07, 6.45) is 0. The Morgan fingerprint density at radius 3 is 2.23 bits per heavy atom. The van der Waals surface area contributed by atoms with Gasteiger partial charge in [-0.15, -0.1) is 0 Å². The van der Waals surface area contributed by atoms with Crippen LogP contribution in [0.2, 0.25) is 5.02 Å². The summed E-state index contributed by atoms with van der Waals surface area (Å²) in [6, 6.07) is 15.7. The van der Waals surface area contributed by atoms with Gasteiger partial charge < -0.3 is 0 Å². The average Bonchev–Trinajstić information content (AvgIpc) is 2.56. The molecule has 0 aliphatic carbocycles. The minimum Gasteiger partial charge on any atom is -0.245 e. The van der Waals surface area contributed by atoms with Crippen molar-refractivity contribution in [3.8, 4) is 0 Å². The summed E-state index contributed by atoms with van der Waals surface area (Å²) >= 11 is 10.6. The van der Waals surface area contributed by atoms with Crippen molar-refractivity contribution in [3.05, 3.63) is 75.4 Å². The number of sulfone groups is 1. The molecule has 0 atom stereocenters. The van der Waals surface area contributed by atoms with Gasteiger partial charge >= 0.3 is 0 Å². The minimum atomic E-state index is -3.71. The van der Waals surface area contributed by atoms with Crippen LogP contribution >= 0.6 is 39.3 Å². The van der Waals surface area contributed by atoms with Crippen molar-refractivity contribution in [1.29, 1.82) is 0 Å². The lowest BCUT2D eigenvalue weighted by Crippen LogP contribution is -2.08. The Kier molecular flexibility index (Phi) is 5.77. The summed E-state index contributed by atoms with van der Waals surface area (Å²) in [5.74, 6) is 0. The number of pyridine rings is 1. The van der Waals surface area contributed by atoms with Crippen LogP contribution in [0.3, 0.4) is 0 Å². The van der Waals surface area contributed by atoms with Crippen molar-refractivity contribution in [2.24, 2.45) is 0 Å². The highest BCUT2D eigenvalue weighted by atomic mass is 79.9. The van der Waals surface area contributed by atoms with E-state index in [0.29, 0.717) is 15.6 Å². The third-order valence-corrected chi connectivity index (χ3v) is 7.53. The maximum absolute atomic E-state index is 13.2. The molecule has 7 heteroatoms. The normalized spacial score (nSPS) is 11.5. The Labute approximate surface area is 170 Å². The van der Waals surface area contributed by atoms with Gasteiger partial charge in [0.2, 0.25) is 9.84 Å². The van der Waals surface area contributed by atoms with Gasteiger partial charge in [0.05, 0.1) is 4.90 Å². The minimum absolute atomic E-state index is 0.202. The second kappa shape index (κ2) is 7.72. The SMILES string of the molecule is Cc1cc(C)c(S(=O)(=O)c2ccc(Cl)cc2)c(Sc2ccc(Br)cc2)n1. The Morgan fingerprint density at radius 2 is 1.62 bits per heavy atom. The molecule has 0 radical (unpaired) electrons. The molecule has 0 spiro atoms. The molecule has 2 aromatic carbocycles. The molecule has 26 heavy (non-hydrogen) atoms. The number of rotatable bonds is 4. The van der Waals surface area contributed by atoms with Crippen molar-refractivity contribution in [1.82, 2.24) is 4.98 Å². The van der Waals surface area contributed by atoms with Crippen LogP contribution in [0.5, 0.6) is 0 Å². The van der Waals surface area contributed by atoms with Gasteiger partial charge in [-0.3, -0.25) is 0 Å². The number of aromatic nitrogens is 1. The fourth-order valence-electron chi connectivity index (χ4n) is 2.53. The van der Waals surface area contributed by atoms with Crippen molar-refractivity contribution < 1.29 is 8.42 Å². The zero-order valence-corrected chi connectivity index (χ0v) is 18.0. The molecule has 0 amide bonds. The first-order valence-electron chi connectivity index (χ1n) is 7.70.